The Morgan fingerprint density at radius 2 is 0.845 bits per heavy atom. The molecule has 3 nitrogen and oxygen atoms in total. The number of rotatable bonds is 6. The molecule has 0 radical (unpaired) electrons. The second-order valence-electron chi connectivity index (χ2n) is 14.8. The van der Waals surface area contributed by atoms with Crippen LogP contribution in [-0.4, -0.2) is 15.0 Å². The highest BCUT2D eigenvalue weighted by Gasteiger charge is 2.19. The Hall–Kier alpha value is -7.75. The Bertz CT molecular complexity index is 3280. The van der Waals surface area contributed by atoms with Crippen molar-refractivity contribution in [2.24, 2.45) is 0 Å². The zero-order chi connectivity index (χ0) is 38.4. The lowest BCUT2D eigenvalue weighted by Gasteiger charge is -2.19. The normalized spacial score (nSPS) is 11.4. The average Bonchev–Trinajstić information content (AvgIpc) is 3.31. The minimum absolute atomic E-state index is 0.679. The van der Waals surface area contributed by atoms with Gasteiger partial charge in [-0.05, 0) is 95.2 Å². The monoisotopic (exact) mass is 737 g/mol. The van der Waals surface area contributed by atoms with E-state index in [1.807, 2.05) is 18.3 Å². The van der Waals surface area contributed by atoms with Gasteiger partial charge in [0, 0.05) is 34.6 Å². The maximum atomic E-state index is 5.27. The molecule has 0 amide bonds. The average molecular weight is 738 g/mol. The number of hydrogen-bond donors (Lipinski definition) is 0. The first-order valence-electron chi connectivity index (χ1n) is 19.7. The summed E-state index contributed by atoms with van der Waals surface area (Å²) < 4.78 is 0. The predicted octanol–water partition coefficient (Wildman–Crippen LogP) is 14.5. The number of aromatic nitrogens is 3. The van der Waals surface area contributed by atoms with Gasteiger partial charge in [-0.15, -0.1) is 0 Å². The summed E-state index contributed by atoms with van der Waals surface area (Å²) in [6.07, 6.45) is 3.70. The molecule has 0 N–H and O–H groups in total. The second-order valence-corrected chi connectivity index (χ2v) is 14.8. The van der Waals surface area contributed by atoms with Gasteiger partial charge in [0.05, 0.1) is 11.4 Å². The topological polar surface area (TPSA) is 38.7 Å². The molecule has 0 aliphatic rings. The largest absolute Gasteiger partial charge is 0.264 e. The number of hydrogen-bond acceptors (Lipinski definition) is 3. The van der Waals surface area contributed by atoms with Crippen molar-refractivity contribution in [2.75, 3.05) is 0 Å². The lowest BCUT2D eigenvalue weighted by atomic mass is 9.84. The lowest BCUT2D eigenvalue weighted by Crippen LogP contribution is -1.97. The first-order valence-corrected chi connectivity index (χ1v) is 19.7. The molecule has 2 aromatic heterocycles. The Balaban J connectivity index is 1.11. The SMILES string of the molecule is c1ccc(-c2cc(-c3cccc(-c4cccnc4)c3)nc(-c3cccc(-c4c5ccccc5c(-c5cccc6c5ccc5ccccc56)c5ccccc45)c3)n2)cc1. The van der Waals surface area contributed by atoms with Gasteiger partial charge >= 0.3 is 0 Å². The Morgan fingerprint density at radius 3 is 1.59 bits per heavy atom. The minimum atomic E-state index is 0.679. The van der Waals surface area contributed by atoms with Crippen LogP contribution in [0, 0.1) is 0 Å². The quantitative estimate of drug-likeness (QED) is 0.126. The molecule has 9 aromatic carbocycles. The van der Waals surface area contributed by atoms with Gasteiger partial charge in [0.25, 0.3) is 0 Å². The van der Waals surface area contributed by atoms with Crippen LogP contribution in [0.2, 0.25) is 0 Å². The summed E-state index contributed by atoms with van der Waals surface area (Å²) in [5.74, 6) is 0.679. The van der Waals surface area contributed by atoms with Crippen LogP contribution in [0.25, 0.3) is 110 Å². The van der Waals surface area contributed by atoms with E-state index in [2.05, 4.69) is 193 Å². The first kappa shape index (κ1) is 33.6. The zero-order valence-corrected chi connectivity index (χ0v) is 31.5. The number of fused-ring (bicyclic) bond motifs is 5. The van der Waals surface area contributed by atoms with Crippen molar-refractivity contribution < 1.29 is 0 Å². The van der Waals surface area contributed by atoms with Gasteiger partial charge in [0.1, 0.15) is 0 Å². The fraction of sp³-hybridized carbons (Fsp3) is 0. The molecule has 0 unspecified atom stereocenters. The Kier molecular flexibility index (Phi) is 8.15. The van der Waals surface area contributed by atoms with Gasteiger partial charge in [0.2, 0.25) is 0 Å². The molecule has 0 aliphatic heterocycles. The summed E-state index contributed by atoms with van der Waals surface area (Å²) in [7, 11) is 0. The molecule has 11 aromatic rings. The molecule has 0 fully saturated rings. The third-order valence-electron chi connectivity index (χ3n) is 11.3. The van der Waals surface area contributed by atoms with Crippen molar-refractivity contribution in [3.8, 4) is 67.3 Å². The summed E-state index contributed by atoms with van der Waals surface area (Å²) >= 11 is 0. The third-order valence-corrected chi connectivity index (χ3v) is 11.3. The van der Waals surface area contributed by atoms with Crippen molar-refractivity contribution >= 4 is 43.1 Å². The molecule has 0 saturated heterocycles. The summed E-state index contributed by atoms with van der Waals surface area (Å²) in [6, 6.07) is 71.5. The third kappa shape index (κ3) is 5.80. The van der Waals surface area contributed by atoms with Crippen molar-refractivity contribution in [1.82, 2.24) is 15.0 Å². The molecule has 0 atom stereocenters. The van der Waals surface area contributed by atoms with Gasteiger partial charge in [0.15, 0.2) is 5.82 Å². The molecule has 58 heavy (non-hydrogen) atoms. The Labute approximate surface area is 336 Å². The lowest BCUT2D eigenvalue weighted by molar-refractivity contribution is 1.18. The number of pyridine rings is 1. The predicted molar refractivity (Wildman–Crippen MR) is 242 cm³/mol. The van der Waals surface area contributed by atoms with Crippen LogP contribution in [0.5, 0.6) is 0 Å². The molecule has 2 heterocycles. The van der Waals surface area contributed by atoms with E-state index in [-0.39, 0.29) is 0 Å². The molecule has 0 aliphatic carbocycles. The summed E-state index contributed by atoms with van der Waals surface area (Å²) in [4.78, 5) is 14.9. The molecule has 270 valence electrons. The van der Waals surface area contributed by atoms with E-state index in [9.17, 15) is 0 Å². The minimum Gasteiger partial charge on any atom is -0.264 e. The van der Waals surface area contributed by atoms with E-state index in [1.54, 1.807) is 6.20 Å². The fourth-order valence-corrected chi connectivity index (χ4v) is 8.67. The highest BCUT2D eigenvalue weighted by Crippen LogP contribution is 2.46. The van der Waals surface area contributed by atoms with Gasteiger partial charge in [-0.3, -0.25) is 4.98 Å². The van der Waals surface area contributed by atoms with Crippen LogP contribution in [0.1, 0.15) is 0 Å². The molecular weight excluding hydrogens is 703 g/mol. The van der Waals surface area contributed by atoms with Gasteiger partial charge < -0.3 is 0 Å². The maximum Gasteiger partial charge on any atom is 0.160 e. The van der Waals surface area contributed by atoms with Gasteiger partial charge in [-0.25, -0.2) is 9.97 Å². The van der Waals surface area contributed by atoms with Crippen LogP contribution in [0.15, 0.2) is 213 Å². The van der Waals surface area contributed by atoms with E-state index in [1.165, 1.54) is 59.8 Å². The van der Waals surface area contributed by atoms with Gasteiger partial charge in [-0.2, -0.15) is 0 Å². The molecule has 0 saturated carbocycles. The Morgan fingerprint density at radius 1 is 0.293 bits per heavy atom. The highest BCUT2D eigenvalue weighted by molar-refractivity contribution is 6.24. The summed E-state index contributed by atoms with van der Waals surface area (Å²) in [5, 5.41) is 9.90. The zero-order valence-electron chi connectivity index (χ0n) is 31.5. The van der Waals surface area contributed by atoms with E-state index >= 15 is 0 Å². The number of nitrogens with zero attached hydrogens (tertiary/aromatic N) is 3. The van der Waals surface area contributed by atoms with Crippen molar-refractivity contribution in [3.05, 3.63) is 213 Å². The van der Waals surface area contributed by atoms with Crippen molar-refractivity contribution in [1.29, 1.82) is 0 Å². The summed E-state index contributed by atoms with van der Waals surface area (Å²) in [5.41, 5.74) is 11.7. The van der Waals surface area contributed by atoms with Crippen LogP contribution >= 0.6 is 0 Å². The van der Waals surface area contributed by atoms with Crippen LogP contribution in [-0.2, 0) is 0 Å². The molecular formula is C55H35N3. The standard InChI is InChI=1S/C55H35N3/c1-2-15-37(16-3-1)51-34-52(39-18-10-17-38(32-39)42-21-13-31-56-35-42)58-55(57-51)41-20-11-19-40(33-41)53-47-23-6-8-25-49(47)54(50-26-9-7-24-48(50)53)46-28-12-27-44-43-22-5-4-14-36(43)29-30-45(44)46/h1-35H. The maximum absolute atomic E-state index is 5.27. The van der Waals surface area contributed by atoms with Crippen LogP contribution in [0.4, 0.5) is 0 Å². The smallest absolute Gasteiger partial charge is 0.160 e. The van der Waals surface area contributed by atoms with E-state index in [4.69, 9.17) is 9.97 Å². The number of benzene rings is 9. The highest BCUT2D eigenvalue weighted by atomic mass is 14.9. The molecule has 0 spiro atoms. The summed E-state index contributed by atoms with van der Waals surface area (Å²) in [6.45, 7) is 0. The van der Waals surface area contributed by atoms with Gasteiger partial charge in [-0.1, -0.05) is 176 Å². The van der Waals surface area contributed by atoms with Crippen LogP contribution < -0.4 is 0 Å². The van der Waals surface area contributed by atoms with Crippen molar-refractivity contribution in [3.63, 3.8) is 0 Å². The molecule has 0 bridgehead atoms. The van der Waals surface area contributed by atoms with E-state index in [0.29, 0.717) is 5.82 Å². The van der Waals surface area contributed by atoms with Crippen LogP contribution in [0.3, 0.4) is 0 Å². The second kappa shape index (κ2) is 14.1. The van der Waals surface area contributed by atoms with Crippen molar-refractivity contribution in [2.45, 2.75) is 0 Å². The fourth-order valence-electron chi connectivity index (χ4n) is 8.67. The van der Waals surface area contributed by atoms with E-state index in [0.717, 1.165) is 44.8 Å². The molecule has 3 heteroatoms. The van der Waals surface area contributed by atoms with E-state index < -0.39 is 0 Å². The molecule has 11 rings (SSSR count). The first-order chi connectivity index (χ1) is 28.8.